The molecule has 1 heterocycles. The fraction of sp³-hybridized carbons (Fsp3) is 0.222. The average molecular weight is 213 g/mol. The van der Waals surface area contributed by atoms with Gasteiger partial charge >= 0.3 is 6.03 Å². The van der Waals surface area contributed by atoms with Crippen molar-refractivity contribution in [1.29, 1.82) is 0 Å². The van der Waals surface area contributed by atoms with Gasteiger partial charge in [0, 0.05) is 17.1 Å². The second-order valence-electron chi connectivity index (χ2n) is 3.11. The first-order chi connectivity index (χ1) is 6.66. The van der Waals surface area contributed by atoms with Crippen molar-refractivity contribution in [2.45, 2.75) is 6.04 Å². The number of carbonyl (C=O) groups excluding carboxylic acids is 1. The van der Waals surface area contributed by atoms with E-state index in [0.29, 0.717) is 17.1 Å². The summed E-state index contributed by atoms with van der Waals surface area (Å²) in [6.45, 7) is 0.465. The number of hydrogen-bond donors (Lipinski definition) is 3. The van der Waals surface area contributed by atoms with Gasteiger partial charge in [0.05, 0.1) is 6.04 Å². The van der Waals surface area contributed by atoms with Gasteiger partial charge in [0.15, 0.2) is 0 Å². The minimum atomic E-state index is -0.227. The van der Waals surface area contributed by atoms with Crippen molar-refractivity contribution in [2.24, 2.45) is 0 Å². The minimum absolute atomic E-state index is 0.142. The van der Waals surface area contributed by atoms with Gasteiger partial charge in [-0.05, 0) is 18.2 Å². The SMILES string of the molecule is O=C1NC[C@@H](c2cc(Cl)ccc2O)N1. The summed E-state index contributed by atoms with van der Waals surface area (Å²) in [6.07, 6.45) is 0. The van der Waals surface area contributed by atoms with Crippen molar-refractivity contribution in [3.63, 3.8) is 0 Å². The van der Waals surface area contributed by atoms with Crippen LogP contribution in [0.15, 0.2) is 18.2 Å². The Balaban J connectivity index is 2.31. The summed E-state index contributed by atoms with van der Waals surface area (Å²) in [5.74, 6) is 0.142. The minimum Gasteiger partial charge on any atom is -0.508 e. The lowest BCUT2D eigenvalue weighted by molar-refractivity contribution is 0.247. The van der Waals surface area contributed by atoms with Crippen LogP contribution >= 0.6 is 11.6 Å². The van der Waals surface area contributed by atoms with Crippen molar-refractivity contribution in [3.8, 4) is 5.75 Å². The van der Waals surface area contributed by atoms with E-state index in [4.69, 9.17) is 11.6 Å². The van der Waals surface area contributed by atoms with Gasteiger partial charge in [-0.25, -0.2) is 4.79 Å². The van der Waals surface area contributed by atoms with E-state index in [1.807, 2.05) is 0 Å². The molecule has 0 bridgehead atoms. The molecule has 0 aromatic heterocycles. The third-order valence-corrected chi connectivity index (χ3v) is 2.37. The van der Waals surface area contributed by atoms with Crippen LogP contribution in [0.25, 0.3) is 0 Å². The first kappa shape index (κ1) is 9.15. The maximum Gasteiger partial charge on any atom is 0.315 e. The van der Waals surface area contributed by atoms with Gasteiger partial charge in [-0.3, -0.25) is 0 Å². The Hall–Kier alpha value is -1.42. The molecular formula is C9H9ClN2O2. The number of phenols is 1. The number of carbonyl (C=O) groups is 1. The zero-order chi connectivity index (χ0) is 10.1. The number of halogens is 1. The maximum absolute atomic E-state index is 10.9. The summed E-state index contributed by atoms with van der Waals surface area (Å²) in [6, 6.07) is 4.33. The van der Waals surface area contributed by atoms with Crippen LogP contribution in [-0.2, 0) is 0 Å². The third kappa shape index (κ3) is 1.61. The summed E-state index contributed by atoms with van der Waals surface area (Å²) < 4.78 is 0. The highest BCUT2D eigenvalue weighted by atomic mass is 35.5. The molecule has 5 heteroatoms. The fourth-order valence-corrected chi connectivity index (χ4v) is 1.63. The van der Waals surface area contributed by atoms with E-state index in [1.165, 1.54) is 6.07 Å². The van der Waals surface area contributed by atoms with Crippen molar-refractivity contribution in [2.75, 3.05) is 6.54 Å². The van der Waals surface area contributed by atoms with Gasteiger partial charge in [0.2, 0.25) is 0 Å². The number of amides is 2. The summed E-state index contributed by atoms with van der Waals surface area (Å²) in [7, 11) is 0. The van der Waals surface area contributed by atoms with Crippen molar-refractivity contribution in [3.05, 3.63) is 28.8 Å². The van der Waals surface area contributed by atoms with E-state index in [2.05, 4.69) is 10.6 Å². The Bertz CT molecular complexity index is 381. The molecule has 2 rings (SSSR count). The smallest absolute Gasteiger partial charge is 0.315 e. The van der Waals surface area contributed by atoms with Gasteiger partial charge in [0.25, 0.3) is 0 Å². The van der Waals surface area contributed by atoms with Gasteiger partial charge in [-0.1, -0.05) is 11.6 Å². The number of aromatic hydroxyl groups is 1. The second-order valence-corrected chi connectivity index (χ2v) is 3.55. The summed E-state index contributed by atoms with van der Waals surface area (Å²) in [5, 5.41) is 15.4. The first-order valence-electron chi connectivity index (χ1n) is 4.19. The van der Waals surface area contributed by atoms with E-state index < -0.39 is 0 Å². The molecule has 1 aliphatic rings. The molecule has 3 N–H and O–H groups in total. The molecule has 1 aromatic rings. The fourth-order valence-electron chi connectivity index (χ4n) is 1.45. The monoisotopic (exact) mass is 212 g/mol. The van der Waals surface area contributed by atoms with Crippen LogP contribution < -0.4 is 10.6 Å². The first-order valence-corrected chi connectivity index (χ1v) is 4.57. The number of urea groups is 1. The standard InChI is InChI=1S/C9H9ClN2O2/c10-5-1-2-8(13)6(3-5)7-4-11-9(14)12-7/h1-3,7,13H,4H2,(H2,11,12,14)/t7-/m0/s1. The molecule has 0 saturated carbocycles. The molecule has 1 atom stereocenters. The van der Waals surface area contributed by atoms with E-state index in [1.54, 1.807) is 12.1 Å². The largest absolute Gasteiger partial charge is 0.508 e. The quantitative estimate of drug-likeness (QED) is 0.659. The molecule has 1 aliphatic heterocycles. The molecule has 1 aromatic carbocycles. The number of benzene rings is 1. The highest BCUT2D eigenvalue weighted by Crippen LogP contribution is 2.28. The lowest BCUT2D eigenvalue weighted by Gasteiger charge is -2.10. The number of hydrogen-bond acceptors (Lipinski definition) is 2. The maximum atomic E-state index is 10.9. The molecule has 1 fully saturated rings. The van der Waals surface area contributed by atoms with Gasteiger partial charge in [-0.2, -0.15) is 0 Å². The zero-order valence-corrected chi connectivity index (χ0v) is 8.01. The third-order valence-electron chi connectivity index (χ3n) is 2.14. The van der Waals surface area contributed by atoms with Crippen LogP contribution in [0.5, 0.6) is 5.75 Å². The molecule has 2 amide bonds. The van der Waals surface area contributed by atoms with Crippen LogP contribution in [-0.4, -0.2) is 17.7 Å². The second kappa shape index (κ2) is 3.38. The predicted molar refractivity (Wildman–Crippen MR) is 52.4 cm³/mol. The topological polar surface area (TPSA) is 61.4 Å². The molecule has 4 nitrogen and oxygen atoms in total. The van der Waals surface area contributed by atoms with E-state index in [9.17, 15) is 9.90 Å². The molecule has 14 heavy (non-hydrogen) atoms. The van der Waals surface area contributed by atoms with Crippen LogP contribution in [0.3, 0.4) is 0 Å². The number of rotatable bonds is 1. The molecule has 0 radical (unpaired) electrons. The Labute approximate surface area is 85.9 Å². The predicted octanol–water partition coefficient (Wildman–Crippen LogP) is 1.40. The number of nitrogens with one attached hydrogen (secondary N) is 2. The lowest BCUT2D eigenvalue weighted by Crippen LogP contribution is -2.21. The molecule has 0 aliphatic carbocycles. The van der Waals surface area contributed by atoms with E-state index >= 15 is 0 Å². The van der Waals surface area contributed by atoms with Crippen LogP contribution in [0.2, 0.25) is 5.02 Å². The van der Waals surface area contributed by atoms with Gasteiger partial charge in [-0.15, -0.1) is 0 Å². The van der Waals surface area contributed by atoms with Gasteiger partial charge in [0.1, 0.15) is 5.75 Å². The molecule has 1 saturated heterocycles. The molecule has 74 valence electrons. The highest BCUT2D eigenvalue weighted by molar-refractivity contribution is 6.30. The normalized spacial score (nSPS) is 20.4. The van der Waals surface area contributed by atoms with Crippen molar-refractivity contribution in [1.82, 2.24) is 10.6 Å². The van der Waals surface area contributed by atoms with E-state index in [-0.39, 0.29) is 17.8 Å². The van der Waals surface area contributed by atoms with Crippen LogP contribution in [0, 0.1) is 0 Å². The highest BCUT2D eigenvalue weighted by Gasteiger charge is 2.23. The van der Waals surface area contributed by atoms with E-state index in [0.717, 1.165) is 0 Å². The Morgan fingerprint density at radius 2 is 2.29 bits per heavy atom. The average Bonchev–Trinajstić information content (AvgIpc) is 2.56. The Morgan fingerprint density at radius 3 is 2.93 bits per heavy atom. The molecular weight excluding hydrogens is 204 g/mol. The van der Waals surface area contributed by atoms with Gasteiger partial charge < -0.3 is 15.7 Å². The van der Waals surface area contributed by atoms with Crippen molar-refractivity contribution >= 4 is 17.6 Å². The van der Waals surface area contributed by atoms with Crippen LogP contribution in [0.1, 0.15) is 11.6 Å². The summed E-state index contributed by atoms with van der Waals surface area (Å²) >= 11 is 5.79. The van der Waals surface area contributed by atoms with Crippen molar-refractivity contribution < 1.29 is 9.90 Å². The molecule has 0 unspecified atom stereocenters. The number of phenolic OH excluding ortho intramolecular Hbond substituents is 1. The lowest BCUT2D eigenvalue weighted by atomic mass is 10.1. The Kier molecular flexibility index (Phi) is 2.21. The molecule has 0 spiro atoms. The summed E-state index contributed by atoms with van der Waals surface area (Å²) in [5.41, 5.74) is 0.635. The zero-order valence-electron chi connectivity index (χ0n) is 7.25. The summed E-state index contributed by atoms with van der Waals surface area (Å²) in [4.78, 5) is 10.9. The Morgan fingerprint density at radius 1 is 1.50 bits per heavy atom. The van der Waals surface area contributed by atoms with Crippen LogP contribution in [0.4, 0.5) is 4.79 Å².